The number of anilines is 1. The lowest BCUT2D eigenvalue weighted by Gasteiger charge is -2.29. The first-order valence-corrected chi connectivity index (χ1v) is 11.1. The van der Waals surface area contributed by atoms with Crippen LogP contribution in [0.1, 0.15) is 42.9 Å². The first kappa shape index (κ1) is 23.4. The number of nitrogens with one attached hydrogen (secondary N) is 2. The molecule has 0 spiro atoms. The molecule has 1 fully saturated rings. The molecule has 166 valence electrons. The maximum absolute atomic E-state index is 14.6. The van der Waals surface area contributed by atoms with Gasteiger partial charge in [-0.1, -0.05) is 18.6 Å². The second-order valence-corrected chi connectivity index (χ2v) is 8.73. The van der Waals surface area contributed by atoms with E-state index in [0.717, 1.165) is 49.7 Å². The van der Waals surface area contributed by atoms with E-state index in [1.54, 1.807) is 19.1 Å². The number of hydrazine groups is 2. The zero-order valence-electron chi connectivity index (χ0n) is 17.5. The first-order valence-electron chi connectivity index (χ1n) is 10.3. The predicted octanol–water partition coefficient (Wildman–Crippen LogP) is 4.35. The molecule has 2 atom stereocenters. The third-order valence-electron chi connectivity index (χ3n) is 5.78. The zero-order valence-corrected chi connectivity index (χ0v) is 18.3. The number of aryl methyl sites for hydroxylation is 1. The van der Waals surface area contributed by atoms with Crippen LogP contribution < -0.4 is 22.4 Å². The molecule has 0 aromatic heterocycles. The summed E-state index contributed by atoms with van der Waals surface area (Å²) in [6.07, 6.45) is 3.58. The molecule has 0 bridgehead atoms. The highest BCUT2D eigenvalue weighted by Crippen LogP contribution is 2.37. The second kappa shape index (κ2) is 10.9. The number of rotatable bonds is 6. The third kappa shape index (κ3) is 5.93. The van der Waals surface area contributed by atoms with Gasteiger partial charge in [-0.3, -0.25) is 11.7 Å². The Hall–Kier alpha value is -2.22. The Bertz CT molecular complexity index is 938. The van der Waals surface area contributed by atoms with Crippen molar-refractivity contribution in [1.82, 2.24) is 9.73 Å². The summed E-state index contributed by atoms with van der Waals surface area (Å²) in [4.78, 5) is 0. The fourth-order valence-corrected chi connectivity index (χ4v) is 4.55. The topological polar surface area (TPSA) is 103 Å². The van der Waals surface area contributed by atoms with Crippen LogP contribution in [0, 0.1) is 35.1 Å². The zero-order chi connectivity index (χ0) is 22.4. The van der Waals surface area contributed by atoms with E-state index in [0.29, 0.717) is 34.8 Å². The lowest BCUT2D eigenvalue weighted by Crippen LogP contribution is -2.33. The Morgan fingerprint density at radius 2 is 2.06 bits per heavy atom. The van der Waals surface area contributed by atoms with Crippen molar-refractivity contribution in [3.05, 3.63) is 53.1 Å². The number of nitrogens with zero attached hydrogens (tertiary/aromatic N) is 2. The summed E-state index contributed by atoms with van der Waals surface area (Å²) in [6, 6.07) is 7.64. The molecule has 1 aliphatic heterocycles. The molecule has 3 rings (SSSR count). The number of nitrogens with two attached hydrogens (primary N) is 2. The molecule has 0 amide bonds. The van der Waals surface area contributed by atoms with Crippen LogP contribution in [-0.2, 0) is 0 Å². The third-order valence-corrected chi connectivity index (χ3v) is 6.25. The van der Waals surface area contributed by atoms with Gasteiger partial charge < -0.3 is 10.7 Å². The van der Waals surface area contributed by atoms with Gasteiger partial charge in [0.05, 0.1) is 17.6 Å². The molecule has 6 N–H and O–H groups in total. The SMILES string of the molecule is Cc1ccc(-c2cc(F)cc(C3CCCC(CN(N)SC#N)CCN3)c2NN)cc1F. The van der Waals surface area contributed by atoms with Crippen LogP contribution in [0.5, 0.6) is 0 Å². The number of benzene rings is 2. The normalized spacial score (nSPS) is 19.5. The van der Waals surface area contributed by atoms with E-state index in [9.17, 15) is 8.78 Å². The Labute approximate surface area is 186 Å². The average molecular weight is 447 g/mol. The summed E-state index contributed by atoms with van der Waals surface area (Å²) in [6.45, 7) is 3.06. The van der Waals surface area contributed by atoms with Gasteiger partial charge in [-0.25, -0.2) is 8.78 Å². The van der Waals surface area contributed by atoms with Gasteiger partial charge in [0.1, 0.15) is 11.6 Å². The highest BCUT2D eigenvalue weighted by Gasteiger charge is 2.23. The van der Waals surface area contributed by atoms with Crippen LogP contribution in [0.15, 0.2) is 30.3 Å². The highest BCUT2D eigenvalue weighted by molar-refractivity contribution is 8.01. The Balaban J connectivity index is 1.82. The largest absolute Gasteiger partial charge is 0.323 e. The Morgan fingerprint density at radius 1 is 1.26 bits per heavy atom. The van der Waals surface area contributed by atoms with Gasteiger partial charge in [0.2, 0.25) is 0 Å². The lowest BCUT2D eigenvalue weighted by atomic mass is 9.89. The standard InChI is InChI=1S/C22H28F2N6S/c1-14-5-6-16(9-20(14)24)18-10-17(23)11-19(22(18)29-26)21-4-2-3-15(7-8-28-21)12-30(27)31-13-25/h5-6,9-11,15,21,28-29H,2-4,7-8,12,26-27H2,1H3. The molecule has 9 heteroatoms. The van der Waals surface area contributed by atoms with Crippen molar-refractivity contribution in [1.29, 1.82) is 5.26 Å². The summed E-state index contributed by atoms with van der Waals surface area (Å²) < 4.78 is 30.2. The highest BCUT2D eigenvalue weighted by atomic mass is 32.2. The fraction of sp³-hybridized carbons (Fsp3) is 0.409. The Morgan fingerprint density at radius 3 is 2.77 bits per heavy atom. The molecule has 1 aliphatic rings. The van der Waals surface area contributed by atoms with Crippen molar-refractivity contribution in [3.8, 4) is 16.5 Å². The van der Waals surface area contributed by atoms with Crippen molar-refractivity contribution < 1.29 is 8.78 Å². The van der Waals surface area contributed by atoms with Crippen LogP contribution in [-0.4, -0.2) is 17.5 Å². The van der Waals surface area contributed by atoms with E-state index in [-0.39, 0.29) is 17.7 Å². The van der Waals surface area contributed by atoms with Crippen LogP contribution >= 0.6 is 11.9 Å². The van der Waals surface area contributed by atoms with Gasteiger partial charge in [-0.05, 0) is 73.5 Å². The molecule has 2 unspecified atom stereocenters. The van der Waals surface area contributed by atoms with Gasteiger partial charge >= 0.3 is 0 Å². The summed E-state index contributed by atoms with van der Waals surface area (Å²) in [7, 11) is 0. The maximum atomic E-state index is 14.6. The lowest BCUT2D eigenvalue weighted by molar-refractivity contribution is 0.299. The van der Waals surface area contributed by atoms with Crippen LogP contribution in [0.25, 0.3) is 11.1 Å². The minimum Gasteiger partial charge on any atom is -0.323 e. The van der Waals surface area contributed by atoms with Gasteiger partial charge in [-0.15, -0.1) is 0 Å². The fourth-order valence-electron chi connectivity index (χ4n) is 4.16. The van der Waals surface area contributed by atoms with Gasteiger partial charge in [0.25, 0.3) is 0 Å². The summed E-state index contributed by atoms with van der Waals surface area (Å²) >= 11 is 0.948. The molecular weight excluding hydrogens is 418 g/mol. The summed E-state index contributed by atoms with van der Waals surface area (Å²) in [5.41, 5.74) is 5.68. The van der Waals surface area contributed by atoms with E-state index in [1.807, 2.05) is 5.40 Å². The molecule has 0 aliphatic carbocycles. The molecule has 1 heterocycles. The van der Waals surface area contributed by atoms with Crippen LogP contribution in [0.4, 0.5) is 14.5 Å². The van der Waals surface area contributed by atoms with E-state index < -0.39 is 0 Å². The van der Waals surface area contributed by atoms with E-state index in [4.69, 9.17) is 16.9 Å². The smallest absolute Gasteiger partial charge is 0.151 e. The molecule has 2 aromatic rings. The van der Waals surface area contributed by atoms with Crippen molar-refractivity contribution in [2.24, 2.45) is 17.6 Å². The van der Waals surface area contributed by atoms with Crippen molar-refractivity contribution >= 4 is 17.6 Å². The number of nitrogen functional groups attached to an aromatic ring is 1. The van der Waals surface area contributed by atoms with Crippen LogP contribution in [0.3, 0.4) is 0 Å². The first-order chi connectivity index (χ1) is 14.9. The van der Waals surface area contributed by atoms with E-state index in [2.05, 4.69) is 10.7 Å². The van der Waals surface area contributed by atoms with Crippen molar-refractivity contribution in [2.45, 2.75) is 38.6 Å². The quantitative estimate of drug-likeness (QED) is 0.226. The Kier molecular flexibility index (Phi) is 8.23. The molecule has 1 saturated heterocycles. The number of hydrogen-bond acceptors (Lipinski definition) is 7. The minimum absolute atomic E-state index is 0.0841. The van der Waals surface area contributed by atoms with Crippen LogP contribution in [0.2, 0.25) is 0 Å². The minimum atomic E-state index is -0.390. The average Bonchev–Trinajstić information content (AvgIpc) is 2.71. The van der Waals surface area contributed by atoms with E-state index >= 15 is 0 Å². The maximum Gasteiger partial charge on any atom is 0.151 e. The summed E-state index contributed by atoms with van der Waals surface area (Å²) in [5, 5.41) is 14.2. The summed E-state index contributed by atoms with van der Waals surface area (Å²) in [5.74, 6) is 11.3. The molecule has 0 radical (unpaired) electrons. The number of nitriles is 1. The van der Waals surface area contributed by atoms with Gasteiger partial charge in [-0.2, -0.15) is 9.68 Å². The molecule has 0 saturated carbocycles. The molecule has 31 heavy (non-hydrogen) atoms. The predicted molar refractivity (Wildman–Crippen MR) is 121 cm³/mol. The van der Waals surface area contributed by atoms with Crippen molar-refractivity contribution in [3.63, 3.8) is 0 Å². The monoisotopic (exact) mass is 446 g/mol. The number of thiocyanates is 1. The number of hydrogen-bond donors (Lipinski definition) is 4. The number of halogens is 2. The van der Waals surface area contributed by atoms with Gasteiger partial charge in [0, 0.05) is 18.2 Å². The molecular formula is C22H28F2N6S. The second-order valence-electron chi connectivity index (χ2n) is 7.90. The molecule has 6 nitrogen and oxygen atoms in total. The molecule has 2 aromatic carbocycles. The van der Waals surface area contributed by atoms with Crippen molar-refractivity contribution in [2.75, 3.05) is 18.5 Å². The van der Waals surface area contributed by atoms with Gasteiger partial charge in [0.15, 0.2) is 5.40 Å². The van der Waals surface area contributed by atoms with E-state index in [1.165, 1.54) is 22.6 Å².